The van der Waals surface area contributed by atoms with Crippen molar-refractivity contribution in [2.45, 2.75) is 12.5 Å². The van der Waals surface area contributed by atoms with Crippen LogP contribution >= 0.6 is 8.58 Å². The summed E-state index contributed by atoms with van der Waals surface area (Å²) in [6.45, 7) is 1.87. The van der Waals surface area contributed by atoms with E-state index in [0.29, 0.717) is 15.0 Å². The fourth-order valence-corrected chi connectivity index (χ4v) is 1.62. The first kappa shape index (κ1) is 10.4. The number of carbonyl (C=O) groups excluding carboxylic acids is 1. The Labute approximate surface area is 80.3 Å². The molecule has 0 bridgehead atoms. The molecule has 0 aliphatic heterocycles. The van der Waals surface area contributed by atoms with Crippen molar-refractivity contribution in [3.05, 3.63) is 35.9 Å². The van der Waals surface area contributed by atoms with Gasteiger partial charge in [0.1, 0.15) is 0 Å². The van der Waals surface area contributed by atoms with Crippen molar-refractivity contribution in [3.63, 3.8) is 0 Å². The van der Waals surface area contributed by atoms with Crippen LogP contribution < -0.4 is 5.73 Å². The lowest BCUT2D eigenvalue weighted by Gasteiger charge is -2.08. The van der Waals surface area contributed by atoms with Crippen LogP contribution in [-0.2, 0) is 11.2 Å². The maximum atomic E-state index is 11.2. The lowest BCUT2D eigenvalue weighted by Crippen LogP contribution is -2.29. The van der Waals surface area contributed by atoms with Crippen LogP contribution in [0.5, 0.6) is 0 Å². The molecule has 1 aromatic carbocycles. The lowest BCUT2D eigenvalue weighted by atomic mass is 10.1. The highest BCUT2D eigenvalue weighted by Gasteiger charge is 2.10. The molecule has 0 saturated heterocycles. The van der Waals surface area contributed by atoms with E-state index in [1.165, 1.54) is 0 Å². The zero-order chi connectivity index (χ0) is 9.68. The molecule has 0 aromatic heterocycles. The van der Waals surface area contributed by atoms with Crippen molar-refractivity contribution in [1.29, 1.82) is 0 Å². The molecule has 0 fully saturated rings. The minimum atomic E-state index is -0.328. The summed E-state index contributed by atoms with van der Waals surface area (Å²) in [5, 5.41) is 0. The molecule has 1 rings (SSSR count). The predicted molar refractivity (Wildman–Crippen MR) is 57.4 cm³/mol. The second-order valence-corrected chi connectivity index (χ2v) is 3.90. The van der Waals surface area contributed by atoms with Gasteiger partial charge in [-0.1, -0.05) is 38.9 Å². The van der Waals surface area contributed by atoms with Gasteiger partial charge in [-0.3, -0.25) is 4.79 Å². The van der Waals surface area contributed by atoms with Gasteiger partial charge in [0.15, 0.2) is 5.52 Å². The van der Waals surface area contributed by atoms with Gasteiger partial charge < -0.3 is 5.73 Å². The van der Waals surface area contributed by atoms with Gasteiger partial charge in [0, 0.05) is 0 Å². The van der Waals surface area contributed by atoms with Crippen LogP contribution in [0.2, 0.25) is 0 Å². The van der Waals surface area contributed by atoms with Crippen molar-refractivity contribution in [2.75, 3.05) is 6.66 Å². The Balaban J connectivity index is 2.55. The van der Waals surface area contributed by atoms with Gasteiger partial charge in [0.25, 0.3) is 0 Å². The third kappa shape index (κ3) is 3.25. The van der Waals surface area contributed by atoms with Gasteiger partial charge in [-0.05, 0) is 18.6 Å². The molecule has 0 aliphatic rings. The largest absolute Gasteiger partial charge is 0.321 e. The number of rotatable bonds is 4. The van der Waals surface area contributed by atoms with Gasteiger partial charge in [-0.2, -0.15) is 0 Å². The molecule has 13 heavy (non-hydrogen) atoms. The van der Waals surface area contributed by atoms with Crippen LogP contribution in [0.1, 0.15) is 5.56 Å². The van der Waals surface area contributed by atoms with Crippen molar-refractivity contribution in [2.24, 2.45) is 5.73 Å². The number of hydrogen-bond acceptors (Lipinski definition) is 2. The first-order valence-corrected chi connectivity index (χ1v) is 5.75. The van der Waals surface area contributed by atoms with Crippen LogP contribution in [0.15, 0.2) is 30.3 Å². The topological polar surface area (TPSA) is 43.1 Å². The van der Waals surface area contributed by atoms with E-state index in [1.807, 2.05) is 37.0 Å². The predicted octanol–water partition coefficient (Wildman–Crippen LogP) is 1.39. The average Bonchev–Trinajstić information content (AvgIpc) is 2.18. The summed E-state index contributed by atoms with van der Waals surface area (Å²) in [5.41, 5.74) is 7.00. The minimum absolute atomic E-state index is 0.156. The monoisotopic (exact) mass is 195 g/mol. The van der Waals surface area contributed by atoms with Gasteiger partial charge in [0.05, 0.1) is 6.04 Å². The number of nitrogens with two attached hydrogens (primary N) is 1. The minimum Gasteiger partial charge on any atom is -0.321 e. The normalized spacial score (nSPS) is 13.4. The van der Waals surface area contributed by atoms with E-state index in [9.17, 15) is 4.79 Å². The number of carbonyl (C=O) groups is 1. The second kappa shape index (κ2) is 5.11. The number of benzene rings is 1. The van der Waals surface area contributed by atoms with Crippen LogP contribution in [0.25, 0.3) is 0 Å². The van der Waals surface area contributed by atoms with E-state index in [0.717, 1.165) is 5.56 Å². The number of hydrogen-bond donors (Lipinski definition) is 1. The Morgan fingerprint density at radius 2 is 2.08 bits per heavy atom. The van der Waals surface area contributed by atoms with Gasteiger partial charge in [0.2, 0.25) is 0 Å². The summed E-state index contributed by atoms with van der Waals surface area (Å²) in [4.78, 5) is 11.2. The fraction of sp³-hybridized carbons (Fsp3) is 0.300. The zero-order valence-corrected chi connectivity index (χ0v) is 8.66. The summed E-state index contributed by atoms with van der Waals surface area (Å²) < 4.78 is 0. The molecule has 2 N–H and O–H groups in total. The smallest absolute Gasteiger partial charge is 0.167 e. The summed E-state index contributed by atoms with van der Waals surface area (Å²) in [6, 6.07) is 9.53. The van der Waals surface area contributed by atoms with Gasteiger partial charge in [-0.15, -0.1) is 0 Å². The Morgan fingerprint density at radius 1 is 1.46 bits per heavy atom. The highest BCUT2D eigenvalue weighted by molar-refractivity contribution is 7.57. The fourth-order valence-electron chi connectivity index (χ4n) is 1.15. The molecule has 2 nitrogen and oxygen atoms in total. The molecule has 0 aliphatic carbocycles. The molecule has 0 radical (unpaired) electrons. The quantitative estimate of drug-likeness (QED) is 0.738. The lowest BCUT2D eigenvalue weighted by molar-refractivity contribution is -0.112. The molecule has 0 heterocycles. The Bertz CT molecular complexity index is 274. The van der Waals surface area contributed by atoms with Crippen LogP contribution in [0, 0.1) is 0 Å². The molecule has 0 saturated carbocycles. The van der Waals surface area contributed by atoms with E-state index in [2.05, 4.69) is 0 Å². The standard InChI is InChI=1S/C10H14NOP/c1-13-10(12)9(11)7-8-5-3-2-4-6-8/h2-6,9,13H,7,11H2,1H3/t9-/m0/s1. The molecule has 0 spiro atoms. The molecule has 1 unspecified atom stereocenters. The van der Waals surface area contributed by atoms with E-state index >= 15 is 0 Å². The Kier molecular flexibility index (Phi) is 4.07. The molecule has 2 atom stereocenters. The first-order chi connectivity index (χ1) is 6.24. The second-order valence-electron chi connectivity index (χ2n) is 2.91. The van der Waals surface area contributed by atoms with Crippen molar-refractivity contribution in [3.8, 4) is 0 Å². The molecule has 70 valence electrons. The van der Waals surface area contributed by atoms with E-state index < -0.39 is 0 Å². The van der Waals surface area contributed by atoms with Gasteiger partial charge in [-0.25, -0.2) is 0 Å². The first-order valence-electron chi connectivity index (χ1n) is 4.25. The van der Waals surface area contributed by atoms with Crippen LogP contribution in [-0.4, -0.2) is 18.2 Å². The van der Waals surface area contributed by atoms with Crippen molar-refractivity contribution < 1.29 is 4.79 Å². The van der Waals surface area contributed by atoms with Crippen molar-refractivity contribution >= 4 is 14.1 Å². The molecule has 1 aromatic rings. The third-order valence-electron chi connectivity index (χ3n) is 1.88. The molecular weight excluding hydrogens is 181 g/mol. The maximum Gasteiger partial charge on any atom is 0.167 e. The maximum absolute atomic E-state index is 11.2. The van der Waals surface area contributed by atoms with E-state index in [4.69, 9.17) is 5.73 Å². The van der Waals surface area contributed by atoms with Crippen LogP contribution in [0.4, 0.5) is 0 Å². The summed E-state index contributed by atoms with van der Waals surface area (Å²) in [5.74, 6) is 0. The molecule has 3 heteroatoms. The summed E-state index contributed by atoms with van der Waals surface area (Å²) in [6.07, 6.45) is 0.653. The molecular formula is C10H14NOP. The molecule has 0 amide bonds. The highest BCUT2D eigenvalue weighted by atomic mass is 31.1. The van der Waals surface area contributed by atoms with E-state index in [1.54, 1.807) is 0 Å². The average molecular weight is 195 g/mol. The SMILES string of the molecule is CPC(=O)[C@@H](N)Cc1ccccc1. The zero-order valence-electron chi connectivity index (χ0n) is 7.66. The third-order valence-corrected chi connectivity index (χ3v) is 2.75. The van der Waals surface area contributed by atoms with Gasteiger partial charge >= 0.3 is 0 Å². The Morgan fingerprint density at radius 3 is 2.62 bits per heavy atom. The van der Waals surface area contributed by atoms with Crippen molar-refractivity contribution in [1.82, 2.24) is 0 Å². The summed E-state index contributed by atoms with van der Waals surface area (Å²) in [7, 11) is 0.300. The van der Waals surface area contributed by atoms with Crippen LogP contribution in [0.3, 0.4) is 0 Å². The highest BCUT2D eigenvalue weighted by Crippen LogP contribution is 2.10. The Hall–Kier alpha value is -0.720. The summed E-state index contributed by atoms with van der Waals surface area (Å²) >= 11 is 0. The van der Waals surface area contributed by atoms with E-state index in [-0.39, 0.29) is 11.6 Å².